The number of halogens is 1. The van der Waals surface area contributed by atoms with Crippen molar-refractivity contribution in [1.29, 1.82) is 0 Å². The molecule has 2 heteroatoms. The quantitative estimate of drug-likeness (QED) is 0.473. The van der Waals surface area contributed by atoms with E-state index in [0.717, 1.165) is 5.56 Å². The van der Waals surface area contributed by atoms with Crippen molar-refractivity contribution in [2.24, 2.45) is 0 Å². The first-order chi connectivity index (χ1) is 4.70. The first kappa shape index (κ1) is 14.5. The number of rotatable bonds is 1. The second kappa shape index (κ2) is 6.51. The Balaban J connectivity index is 0. The molecule has 0 fully saturated rings. The molecule has 1 rings (SSSR count). The summed E-state index contributed by atoms with van der Waals surface area (Å²) in [5, 5.41) is 0. The topological polar surface area (TPSA) is 0 Å². The van der Waals surface area contributed by atoms with E-state index in [0.29, 0.717) is 5.92 Å². The maximum absolute atomic E-state index is 3.82. The van der Waals surface area contributed by atoms with E-state index in [1.54, 1.807) is 0 Å². The zero-order chi connectivity index (χ0) is 7.56. The van der Waals surface area contributed by atoms with E-state index in [2.05, 4.69) is 45.0 Å². The second-order valence-corrected chi connectivity index (χ2v) is 2.90. The van der Waals surface area contributed by atoms with Gasteiger partial charge < -0.3 is 12.4 Å². The summed E-state index contributed by atoms with van der Waals surface area (Å²) >= 11 is 0. The predicted octanol–water partition coefficient (Wildman–Crippen LogP) is -0.00631. The van der Waals surface area contributed by atoms with Gasteiger partial charge in [-0.25, -0.2) is 0 Å². The van der Waals surface area contributed by atoms with Crippen LogP contribution in [0.2, 0.25) is 0 Å². The third kappa shape index (κ3) is 4.14. The molecule has 0 bridgehead atoms. The molecule has 0 aliphatic carbocycles. The molecule has 1 aromatic carbocycles. The molecule has 0 aliphatic heterocycles. The van der Waals surface area contributed by atoms with Crippen molar-refractivity contribution in [3.8, 4) is 0 Å². The van der Waals surface area contributed by atoms with Crippen molar-refractivity contribution in [3.05, 3.63) is 42.3 Å². The van der Waals surface area contributed by atoms with Crippen LogP contribution in [0.5, 0.6) is 0 Å². The summed E-state index contributed by atoms with van der Waals surface area (Å²) in [4.78, 5) is 0. The normalized spacial score (nSPS) is 8.58. The van der Waals surface area contributed by atoms with Gasteiger partial charge in [-0.15, -0.1) is 12.1 Å². The summed E-state index contributed by atoms with van der Waals surface area (Å²) < 4.78 is 0. The van der Waals surface area contributed by atoms with E-state index < -0.39 is 0 Å². The molecule has 0 saturated heterocycles. The summed E-state index contributed by atoms with van der Waals surface area (Å²) in [6.07, 6.45) is 0. The van der Waals surface area contributed by atoms with Gasteiger partial charge in [-0.05, 0) is 5.92 Å². The summed E-state index contributed by atoms with van der Waals surface area (Å²) in [5.41, 5.74) is 2.47. The zero-order valence-corrected chi connectivity index (χ0v) is 11.4. The van der Waals surface area contributed by atoms with Crippen LogP contribution in [0.4, 0.5) is 0 Å². The Morgan fingerprint density at radius 3 is 1.83 bits per heavy atom. The average molecular weight is 234 g/mol. The molecule has 0 nitrogen and oxygen atoms in total. The SMILES string of the molecule is [CH2-]c1ccc(C(C)C)cc1.[Cl-].[Zn+2]. The van der Waals surface area contributed by atoms with Gasteiger partial charge in [-0.1, -0.05) is 19.4 Å². The van der Waals surface area contributed by atoms with Crippen LogP contribution in [0, 0.1) is 6.92 Å². The van der Waals surface area contributed by atoms with Crippen LogP contribution in [-0.4, -0.2) is 0 Å². The van der Waals surface area contributed by atoms with Gasteiger partial charge in [0.15, 0.2) is 0 Å². The minimum Gasteiger partial charge on any atom is -1.00 e. The standard InChI is InChI=1S/C10H13.ClH.Zn/c1-8(2)10-6-4-9(3)5-7-10;;/h4-8H,3H2,1-2H3;1H;/q-1;;+2/p-1. The average Bonchev–Trinajstić information content (AvgIpc) is 1.88. The Morgan fingerprint density at radius 2 is 1.50 bits per heavy atom. The molecule has 0 saturated carbocycles. The third-order valence-electron chi connectivity index (χ3n) is 1.65. The molecule has 0 N–H and O–H groups in total. The van der Waals surface area contributed by atoms with E-state index in [-0.39, 0.29) is 31.9 Å². The van der Waals surface area contributed by atoms with Crippen LogP contribution in [-0.2, 0) is 19.5 Å². The van der Waals surface area contributed by atoms with Crippen molar-refractivity contribution in [3.63, 3.8) is 0 Å². The Labute approximate surface area is 93.9 Å². The third-order valence-corrected chi connectivity index (χ3v) is 1.65. The zero-order valence-electron chi connectivity index (χ0n) is 7.68. The Bertz CT molecular complexity index is 204. The van der Waals surface area contributed by atoms with Crippen molar-refractivity contribution in [2.45, 2.75) is 19.8 Å². The molecular formula is C10H13ClZn. The minimum absolute atomic E-state index is 0. The van der Waals surface area contributed by atoms with Gasteiger partial charge in [0.1, 0.15) is 0 Å². The molecule has 62 valence electrons. The van der Waals surface area contributed by atoms with E-state index in [4.69, 9.17) is 0 Å². The molecule has 0 atom stereocenters. The summed E-state index contributed by atoms with van der Waals surface area (Å²) in [6, 6.07) is 8.37. The van der Waals surface area contributed by atoms with Gasteiger partial charge in [0.2, 0.25) is 0 Å². The Morgan fingerprint density at radius 1 is 1.08 bits per heavy atom. The summed E-state index contributed by atoms with van der Waals surface area (Å²) in [6.45, 7) is 8.21. The smallest absolute Gasteiger partial charge is 1.00 e. The van der Waals surface area contributed by atoms with E-state index in [1.807, 2.05) is 0 Å². The molecule has 0 spiro atoms. The fourth-order valence-electron chi connectivity index (χ4n) is 0.903. The van der Waals surface area contributed by atoms with Crippen LogP contribution in [0.15, 0.2) is 24.3 Å². The molecule has 0 radical (unpaired) electrons. The minimum atomic E-state index is 0. The predicted molar refractivity (Wildman–Crippen MR) is 45.0 cm³/mol. The molecular weight excluding hydrogens is 221 g/mol. The molecule has 1 aromatic rings. The van der Waals surface area contributed by atoms with Crippen LogP contribution in [0.1, 0.15) is 30.9 Å². The Hall–Kier alpha value is 0.00338. The molecule has 0 aliphatic rings. The van der Waals surface area contributed by atoms with Gasteiger partial charge in [-0.3, -0.25) is 0 Å². The number of hydrogen-bond donors (Lipinski definition) is 0. The fourth-order valence-corrected chi connectivity index (χ4v) is 0.903. The largest absolute Gasteiger partial charge is 2.00 e. The van der Waals surface area contributed by atoms with Crippen LogP contribution >= 0.6 is 0 Å². The second-order valence-electron chi connectivity index (χ2n) is 2.90. The molecule has 0 unspecified atom stereocenters. The van der Waals surface area contributed by atoms with Gasteiger partial charge >= 0.3 is 19.5 Å². The van der Waals surface area contributed by atoms with Crippen molar-refractivity contribution in [1.82, 2.24) is 0 Å². The van der Waals surface area contributed by atoms with Crippen molar-refractivity contribution < 1.29 is 31.9 Å². The summed E-state index contributed by atoms with van der Waals surface area (Å²) in [5.74, 6) is 0.626. The van der Waals surface area contributed by atoms with Gasteiger partial charge in [0, 0.05) is 0 Å². The number of hydrogen-bond acceptors (Lipinski definition) is 0. The van der Waals surface area contributed by atoms with Gasteiger partial charge in [0.25, 0.3) is 0 Å². The first-order valence-corrected chi connectivity index (χ1v) is 3.62. The fraction of sp³-hybridized carbons (Fsp3) is 0.300. The monoisotopic (exact) mass is 232 g/mol. The summed E-state index contributed by atoms with van der Waals surface area (Å²) in [7, 11) is 0. The van der Waals surface area contributed by atoms with Crippen LogP contribution in [0.25, 0.3) is 0 Å². The van der Waals surface area contributed by atoms with E-state index in [1.165, 1.54) is 5.56 Å². The first-order valence-electron chi connectivity index (χ1n) is 3.62. The molecule has 0 heterocycles. The Kier molecular flexibility index (Phi) is 7.88. The number of benzene rings is 1. The van der Waals surface area contributed by atoms with Crippen LogP contribution < -0.4 is 12.4 Å². The van der Waals surface area contributed by atoms with E-state index in [9.17, 15) is 0 Å². The molecule has 0 amide bonds. The van der Waals surface area contributed by atoms with E-state index >= 15 is 0 Å². The molecule has 12 heavy (non-hydrogen) atoms. The van der Waals surface area contributed by atoms with Crippen molar-refractivity contribution in [2.75, 3.05) is 0 Å². The van der Waals surface area contributed by atoms with Gasteiger partial charge in [-0.2, -0.15) is 24.6 Å². The molecule has 0 aromatic heterocycles. The van der Waals surface area contributed by atoms with Crippen molar-refractivity contribution >= 4 is 0 Å². The maximum Gasteiger partial charge on any atom is 2.00 e. The maximum atomic E-state index is 3.82. The van der Waals surface area contributed by atoms with Crippen LogP contribution in [0.3, 0.4) is 0 Å². The van der Waals surface area contributed by atoms with Gasteiger partial charge in [0.05, 0.1) is 0 Å².